The average molecular weight is 404 g/mol. The van der Waals surface area contributed by atoms with E-state index in [9.17, 15) is 14.4 Å². The van der Waals surface area contributed by atoms with Gasteiger partial charge in [0.15, 0.2) is 0 Å². The second-order valence-corrected chi connectivity index (χ2v) is 8.31. The first-order valence-electron chi connectivity index (χ1n) is 10.8. The molecule has 3 heterocycles. The lowest BCUT2D eigenvalue weighted by Crippen LogP contribution is -2.41. The van der Waals surface area contributed by atoms with Crippen LogP contribution in [-0.4, -0.2) is 64.3 Å². The normalized spacial score (nSPS) is 21.1. The lowest BCUT2D eigenvalue weighted by Gasteiger charge is -2.32. The molecule has 2 fully saturated rings. The molecule has 2 aliphatic rings. The fraction of sp³-hybridized carbons (Fsp3) is 0.714. The number of hydrogen-bond donors (Lipinski definition) is 2. The van der Waals surface area contributed by atoms with Gasteiger partial charge < -0.3 is 15.2 Å². The van der Waals surface area contributed by atoms with Crippen LogP contribution in [0.15, 0.2) is 10.9 Å². The third-order valence-electron chi connectivity index (χ3n) is 5.77. The molecule has 160 valence electrons. The van der Waals surface area contributed by atoms with Gasteiger partial charge in [-0.1, -0.05) is 6.42 Å². The van der Waals surface area contributed by atoms with Crippen LogP contribution in [0, 0.1) is 12.8 Å². The predicted molar refractivity (Wildman–Crippen MR) is 110 cm³/mol. The zero-order valence-corrected chi connectivity index (χ0v) is 17.4. The molecule has 29 heavy (non-hydrogen) atoms. The van der Waals surface area contributed by atoms with Gasteiger partial charge in [0.05, 0.1) is 5.69 Å². The Hall–Kier alpha value is -2.22. The van der Waals surface area contributed by atoms with E-state index in [1.165, 1.54) is 0 Å². The number of amides is 2. The first-order chi connectivity index (χ1) is 14.0. The van der Waals surface area contributed by atoms with Gasteiger partial charge in [-0.25, -0.2) is 4.98 Å². The fourth-order valence-corrected chi connectivity index (χ4v) is 4.27. The van der Waals surface area contributed by atoms with Crippen LogP contribution in [0.2, 0.25) is 0 Å². The molecule has 2 saturated heterocycles. The summed E-state index contributed by atoms with van der Waals surface area (Å²) < 4.78 is 0. The van der Waals surface area contributed by atoms with Crippen molar-refractivity contribution in [2.75, 3.05) is 32.7 Å². The Morgan fingerprint density at radius 1 is 1.24 bits per heavy atom. The summed E-state index contributed by atoms with van der Waals surface area (Å²) in [6.07, 6.45) is 6.24. The highest BCUT2D eigenvalue weighted by atomic mass is 16.2. The van der Waals surface area contributed by atoms with Crippen molar-refractivity contribution < 1.29 is 9.59 Å². The van der Waals surface area contributed by atoms with Crippen molar-refractivity contribution in [3.8, 4) is 0 Å². The molecule has 0 aliphatic carbocycles. The van der Waals surface area contributed by atoms with Gasteiger partial charge in [-0.3, -0.25) is 19.3 Å². The molecule has 0 bridgehead atoms. The van der Waals surface area contributed by atoms with Crippen LogP contribution in [0.25, 0.3) is 0 Å². The van der Waals surface area contributed by atoms with Gasteiger partial charge in [0.1, 0.15) is 5.82 Å². The number of aryl methyl sites for hydroxylation is 1. The van der Waals surface area contributed by atoms with Crippen molar-refractivity contribution >= 4 is 11.8 Å². The first-order valence-corrected chi connectivity index (χ1v) is 10.8. The summed E-state index contributed by atoms with van der Waals surface area (Å²) >= 11 is 0. The number of nitrogens with one attached hydrogen (secondary N) is 2. The molecular weight excluding hydrogens is 370 g/mol. The lowest BCUT2D eigenvalue weighted by atomic mass is 9.97. The molecule has 1 unspecified atom stereocenters. The van der Waals surface area contributed by atoms with Crippen molar-refractivity contribution in [3.05, 3.63) is 27.9 Å². The van der Waals surface area contributed by atoms with Crippen LogP contribution in [0.1, 0.15) is 56.5 Å². The van der Waals surface area contributed by atoms with E-state index in [0.29, 0.717) is 44.2 Å². The fourth-order valence-electron chi connectivity index (χ4n) is 4.27. The number of piperidine rings is 1. The summed E-state index contributed by atoms with van der Waals surface area (Å²) in [6, 6.07) is 1.56. The zero-order chi connectivity index (χ0) is 20.6. The minimum atomic E-state index is -0.115. The Bertz CT molecular complexity index is 763. The van der Waals surface area contributed by atoms with Crippen LogP contribution >= 0.6 is 0 Å². The van der Waals surface area contributed by atoms with Crippen molar-refractivity contribution in [3.63, 3.8) is 0 Å². The summed E-state index contributed by atoms with van der Waals surface area (Å²) in [5.41, 5.74) is 0.675. The second kappa shape index (κ2) is 10.5. The van der Waals surface area contributed by atoms with Crippen LogP contribution in [0.4, 0.5) is 0 Å². The number of H-pyrrole nitrogens is 1. The van der Waals surface area contributed by atoms with E-state index in [1.807, 2.05) is 4.90 Å². The molecule has 2 aliphatic heterocycles. The summed E-state index contributed by atoms with van der Waals surface area (Å²) in [6.45, 7) is 6.28. The third kappa shape index (κ3) is 6.96. The van der Waals surface area contributed by atoms with E-state index in [2.05, 4.69) is 20.2 Å². The summed E-state index contributed by atoms with van der Waals surface area (Å²) in [4.78, 5) is 47.1. The Labute approximate surface area is 172 Å². The van der Waals surface area contributed by atoms with Crippen molar-refractivity contribution in [1.82, 2.24) is 25.1 Å². The van der Waals surface area contributed by atoms with Crippen LogP contribution in [-0.2, 0) is 16.1 Å². The Balaban J connectivity index is 1.40. The number of hydrogen-bond acceptors (Lipinski definition) is 5. The molecule has 1 atom stereocenters. The standard InChI is InChI=1S/C21H33N5O3/c1-16-23-18(12-20(28)24-16)15-25-9-5-6-17(14-25)13-22-19(27)8-11-26-10-4-2-3-7-21(26)29/h12,17H,2-11,13-15H2,1H3,(H,22,27)(H,23,24,28). The smallest absolute Gasteiger partial charge is 0.251 e. The zero-order valence-electron chi connectivity index (χ0n) is 17.4. The van der Waals surface area contributed by atoms with E-state index in [0.717, 1.165) is 57.4 Å². The molecule has 0 saturated carbocycles. The molecule has 0 aromatic carbocycles. The highest BCUT2D eigenvalue weighted by Gasteiger charge is 2.22. The average Bonchev–Trinajstić information content (AvgIpc) is 2.88. The van der Waals surface area contributed by atoms with Gasteiger partial charge in [-0.2, -0.15) is 0 Å². The number of carbonyl (C=O) groups excluding carboxylic acids is 2. The number of nitrogens with zero attached hydrogens (tertiary/aromatic N) is 3. The highest BCUT2D eigenvalue weighted by Crippen LogP contribution is 2.17. The van der Waals surface area contributed by atoms with Crippen LogP contribution in [0.5, 0.6) is 0 Å². The van der Waals surface area contributed by atoms with Crippen molar-refractivity contribution in [1.29, 1.82) is 0 Å². The number of aromatic amines is 1. The molecule has 2 amide bonds. The van der Waals surface area contributed by atoms with Gasteiger partial charge in [-0.15, -0.1) is 0 Å². The van der Waals surface area contributed by atoms with Gasteiger partial charge >= 0.3 is 0 Å². The molecule has 2 N–H and O–H groups in total. The van der Waals surface area contributed by atoms with E-state index in [1.54, 1.807) is 13.0 Å². The summed E-state index contributed by atoms with van der Waals surface area (Å²) in [7, 11) is 0. The van der Waals surface area contributed by atoms with Crippen LogP contribution < -0.4 is 10.9 Å². The molecule has 0 spiro atoms. The summed E-state index contributed by atoms with van der Waals surface area (Å²) in [5, 5.41) is 3.05. The molecule has 1 aromatic rings. The van der Waals surface area contributed by atoms with Crippen molar-refractivity contribution in [2.45, 2.75) is 58.4 Å². The maximum Gasteiger partial charge on any atom is 0.251 e. The number of carbonyl (C=O) groups is 2. The number of aromatic nitrogens is 2. The van der Waals surface area contributed by atoms with Gasteiger partial charge in [0, 0.05) is 51.6 Å². The molecule has 8 heteroatoms. The molecule has 1 aromatic heterocycles. The first kappa shape index (κ1) is 21.5. The monoisotopic (exact) mass is 403 g/mol. The van der Waals surface area contributed by atoms with Gasteiger partial charge in [0.2, 0.25) is 11.8 Å². The van der Waals surface area contributed by atoms with E-state index in [4.69, 9.17) is 0 Å². The maximum absolute atomic E-state index is 12.3. The Morgan fingerprint density at radius 2 is 2.10 bits per heavy atom. The van der Waals surface area contributed by atoms with Crippen molar-refractivity contribution in [2.24, 2.45) is 5.92 Å². The minimum absolute atomic E-state index is 0.0195. The van der Waals surface area contributed by atoms with E-state index < -0.39 is 0 Å². The van der Waals surface area contributed by atoms with Crippen LogP contribution in [0.3, 0.4) is 0 Å². The molecular formula is C21H33N5O3. The second-order valence-electron chi connectivity index (χ2n) is 8.31. The molecule has 8 nitrogen and oxygen atoms in total. The van der Waals surface area contributed by atoms with Gasteiger partial charge in [-0.05, 0) is 45.1 Å². The highest BCUT2D eigenvalue weighted by molar-refractivity contribution is 5.79. The predicted octanol–water partition coefficient (Wildman–Crippen LogP) is 1.20. The SMILES string of the molecule is Cc1nc(CN2CCCC(CNC(=O)CCN3CCCCCC3=O)C2)cc(=O)[nH]1. The number of rotatable bonds is 7. The summed E-state index contributed by atoms with van der Waals surface area (Å²) in [5.74, 6) is 1.24. The molecule has 0 radical (unpaired) electrons. The lowest BCUT2D eigenvalue weighted by molar-refractivity contribution is -0.131. The number of likely N-dealkylation sites (tertiary alicyclic amines) is 2. The van der Waals surface area contributed by atoms with Gasteiger partial charge in [0.25, 0.3) is 5.56 Å². The molecule has 3 rings (SSSR count). The maximum atomic E-state index is 12.3. The topological polar surface area (TPSA) is 98.4 Å². The third-order valence-corrected chi connectivity index (χ3v) is 5.77. The Kier molecular flexibility index (Phi) is 7.80. The van der Waals surface area contributed by atoms with E-state index >= 15 is 0 Å². The van der Waals surface area contributed by atoms with E-state index in [-0.39, 0.29) is 17.4 Å². The largest absolute Gasteiger partial charge is 0.356 e. The quantitative estimate of drug-likeness (QED) is 0.713. The Morgan fingerprint density at radius 3 is 2.93 bits per heavy atom. The minimum Gasteiger partial charge on any atom is -0.356 e.